The second-order valence-electron chi connectivity index (χ2n) is 5.73. The summed E-state index contributed by atoms with van der Waals surface area (Å²) in [5, 5.41) is 17.4. The van der Waals surface area contributed by atoms with E-state index in [-0.39, 0.29) is 0 Å². The second-order valence-corrected chi connectivity index (χ2v) is 5.73. The van der Waals surface area contributed by atoms with Gasteiger partial charge in [0.15, 0.2) is 0 Å². The van der Waals surface area contributed by atoms with E-state index in [4.69, 9.17) is 10.7 Å². The summed E-state index contributed by atoms with van der Waals surface area (Å²) in [6.45, 7) is 4.07. The molecule has 0 saturated carbocycles. The van der Waals surface area contributed by atoms with E-state index in [1.165, 1.54) is 18.0 Å². The van der Waals surface area contributed by atoms with Crippen molar-refractivity contribution in [3.8, 4) is 6.07 Å². The van der Waals surface area contributed by atoms with Gasteiger partial charge in [-0.05, 0) is 30.8 Å². The first kappa shape index (κ1) is 15.2. The van der Waals surface area contributed by atoms with Crippen LogP contribution in [0.25, 0.3) is 16.5 Å². The van der Waals surface area contributed by atoms with Crippen LogP contribution in [0.15, 0.2) is 36.5 Å². The maximum Gasteiger partial charge on any atom is 0.0919 e. The molecular weight excluding hydrogens is 286 g/mol. The van der Waals surface area contributed by atoms with Gasteiger partial charge in [0.2, 0.25) is 0 Å². The van der Waals surface area contributed by atoms with Gasteiger partial charge in [-0.3, -0.25) is 4.98 Å². The first-order valence-electron chi connectivity index (χ1n) is 7.66. The number of anilines is 1. The third kappa shape index (κ3) is 3.08. The number of nitriles is 1. The number of allylic oxidation sites excluding steroid dienone is 2. The average Bonchev–Trinajstić information content (AvgIpc) is 2.59. The monoisotopic (exact) mass is 305 g/mol. The largest absolute Gasteiger partial charge is 0.368 e. The lowest BCUT2D eigenvalue weighted by Crippen LogP contribution is -2.44. The topological polar surface area (TPSA) is 67.0 Å². The van der Waals surface area contributed by atoms with Gasteiger partial charge in [-0.1, -0.05) is 6.07 Å². The number of aromatic nitrogens is 1. The number of hydrogen-bond acceptors (Lipinski definition) is 5. The Kier molecular flexibility index (Phi) is 4.35. The number of nitrogens with one attached hydrogen (secondary N) is 1. The van der Waals surface area contributed by atoms with Crippen LogP contribution in [0.3, 0.4) is 0 Å². The minimum absolute atomic E-state index is 0.614. The molecule has 2 heterocycles. The molecule has 5 heteroatoms. The fraction of sp³-hybridized carbons (Fsp3) is 0.278. The van der Waals surface area contributed by atoms with Crippen molar-refractivity contribution in [3.05, 3.63) is 42.1 Å². The molecule has 1 saturated heterocycles. The lowest BCUT2D eigenvalue weighted by molar-refractivity contribution is 0.313. The summed E-state index contributed by atoms with van der Waals surface area (Å²) in [6.07, 6.45) is 4.47. The summed E-state index contributed by atoms with van der Waals surface area (Å²) in [4.78, 5) is 9.15. The average molecular weight is 305 g/mol. The van der Waals surface area contributed by atoms with Crippen LogP contribution >= 0.6 is 0 Å². The fourth-order valence-electron chi connectivity index (χ4n) is 2.91. The molecule has 1 aliphatic heterocycles. The van der Waals surface area contributed by atoms with E-state index < -0.39 is 0 Å². The molecule has 116 valence electrons. The van der Waals surface area contributed by atoms with Crippen LogP contribution in [0.4, 0.5) is 5.69 Å². The Morgan fingerprint density at radius 3 is 2.74 bits per heavy atom. The van der Waals surface area contributed by atoms with E-state index in [1.54, 1.807) is 0 Å². The van der Waals surface area contributed by atoms with Crippen LogP contribution < -0.4 is 4.90 Å². The predicted octanol–water partition coefficient (Wildman–Crippen LogP) is 2.54. The van der Waals surface area contributed by atoms with E-state index >= 15 is 0 Å². The Morgan fingerprint density at radius 1 is 1.26 bits per heavy atom. The van der Waals surface area contributed by atoms with Crippen LogP contribution in [0.5, 0.6) is 0 Å². The summed E-state index contributed by atoms with van der Waals surface area (Å²) < 4.78 is 0. The van der Waals surface area contributed by atoms with Gasteiger partial charge in [0.05, 0.1) is 11.6 Å². The van der Waals surface area contributed by atoms with E-state index in [2.05, 4.69) is 27.9 Å². The predicted molar refractivity (Wildman–Crippen MR) is 93.8 cm³/mol. The van der Waals surface area contributed by atoms with E-state index in [9.17, 15) is 0 Å². The van der Waals surface area contributed by atoms with Crippen molar-refractivity contribution < 1.29 is 0 Å². The molecule has 0 bridgehead atoms. The summed E-state index contributed by atoms with van der Waals surface area (Å²) in [5.41, 5.74) is 3.60. The zero-order valence-electron chi connectivity index (χ0n) is 13.2. The molecular formula is C18H19N5. The highest BCUT2D eigenvalue weighted by molar-refractivity contribution is 6.10. The van der Waals surface area contributed by atoms with Gasteiger partial charge in [-0.2, -0.15) is 5.26 Å². The molecule has 0 radical (unpaired) electrons. The van der Waals surface area contributed by atoms with Gasteiger partial charge >= 0.3 is 0 Å². The normalized spacial score (nSPS) is 16.3. The molecule has 5 nitrogen and oxygen atoms in total. The third-order valence-electron chi connectivity index (χ3n) is 4.27. The molecule has 0 aliphatic carbocycles. The second kappa shape index (κ2) is 6.59. The lowest BCUT2D eigenvalue weighted by atomic mass is 10.0. The summed E-state index contributed by atoms with van der Waals surface area (Å²) >= 11 is 0. The van der Waals surface area contributed by atoms with Crippen LogP contribution in [0.1, 0.15) is 5.56 Å². The van der Waals surface area contributed by atoms with Gasteiger partial charge in [-0.25, -0.2) is 0 Å². The first-order chi connectivity index (χ1) is 11.2. The molecule has 1 N–H and O–H groups in total. The maximum absolute atomic E-state index is 8.87. The minimum atomic E-state index is 0.614. The Morgan fingerprint density at radius 2 is 2.04 bits per heavy atom. The summed E-state index contributed by atoms with van der Waals surface area (Å²) in [7, 11) is 2.14. The van der Waals surface area contributed by atoms with E-state index in [1.807, 2.05) is 30.5 Å². The Bertz CT molecular complexity index is 795. The van der Waals surface area contributed by atoms with E-state index in [0.717, 1.165) is 42.6 Å². The maximum atomic E-state index is 8.87. The molecule has 0 atom stereocenters. The van der Waals surface area contributed by atoms with Crippen molar-refractivity contribution in [1.29, 1.82) is 10.7 Å². The first-order valence-corrected chi connectivity index (χ1v) is 7.66. The number of pyridine rings is 1. The van der Waals surface area contributed by atoms with Crippen molar-refractivity contribution in [2.24, 2.45) is 0 Å². The Hall–Kier alpha value is -2.71. The molecule has 1 fully saturated rings. The number of hydrogen-bond donors (Lipinski definition) is 1. The van der Waals surface area contributed by atoms with Crippen molar-refractivity contribution in [1.82, 2.24) is 9.88 Å². The third-order valence-corrected chi connectivity index (χ3v) is 4.27. The molecule has 2 aromatic rings. The SMILES string of the molecule is CN1CCN(c2ccnc3ccc(/C(C=N)=C/C#N)cc23)CC1. The lowest BCUT2D eigenvalue weighted by Gasteiger charge is -2.34. The van der Waals surface area contributed by atoms with Gasteiger partial charge in [0.25, 0.3) is 0 Å². The van der Waals surface area contributed by atoms with Crippen molar-refractivity contribution in [2.75, 3.05) is 38.1 Å². The minimum Gasteiger partial charge on any atom is -0.368 e. The smallest absolute Gasteiger partial charge is 0.0919 e. The quantitative estimate of drug-likeness (QED) is 0.699. The zero-order chi connectivity index (χ0) is 16.2. The number of piperazine rings is 1. The van der Waals surface area contributed by atoms with Crippen LogP contribution in [0, 0.1) is 16.7 Å². The summed E-state index contributed by atoms with van der Waals surface area (Å²) in [5.74, 6) is 0. The molecule has 0 spiro atoms. The molecule has 23 heavy (non-hydrogen) atoms. The van der Waals surface area contributed by atoms with Crippen molar-refractivity contribution in [2.45, 2.75) is 0 Å². The molecule has 0 unspecified atom stereocenters. The van der Waals surface area contributed by atoms with Gasteiger partial charge in [-0.15, -0.1) is 0 Å². The number of nitrogens with zero attached hydrogens (tertiary/aromatic N) is 4. The van der Waals surface area contributed by atoms with Crippen LogP contribution in [-0.2, 0) is 0 Å². The number of rotatable bonds is 3. The Labute approximate surface area is 136 Å². The summed E-state index contributed by atoms with van der Waals surface area (Å²) in [6, 6.07) is 9.96. The highest BCUT2D eigenvalue weighted by atomic mass is 15.2. The number of fused-ring (bicyclic) bond motifs is 1. The van der Waals surface area contributed by atoms with Gasteiger partial charge in [0.1, 0.15) is 0 Å². The van der Waals surface area contributed by atoms with E-state index in [0.29, 0.717) is 5.57 Å². The highest BCUT2D eigenvalue weighted by Crippen LogP contribution is 2.28. The molecule has 0 amide bonds. The molecule has 1 aromatic carbocycles. The molecule has 1 aliphatic rings. The standard InChI is InChI=1S/C18H19N5/c1-22-8-10-23(11-9-22)18-5-7-21-17-3-2-14(12-16(17)18)15(13-20)4-6-19/h2-5,7,12-13,20H,8-11H2,1H3/b15-4+,20-13?. The molecule has 1 aromatic heterocycles. The number of likely N-dealkylation sites (N-methyl/N-ethyl adjacent to an activating group) is 1. The van der Waals surface area contributed by atoms with Crippen LogP contribution in [0.2, 0.25) is 0 Å². The zero-order valence-corrected chi connectivity index (χ0v) is 13.2. The Balaban J connectivity index is 2.07. The van der Waals surface area contributed by atoms with Crippen molar-refractivity contribution in [3.63, 3.8) is 0 Å². The van der Waals surface area contributed by atoms with Gasteiger partial charge in [0, 0.05) is 61.3 Å². The van der Waals surface area contributed by atoms with Gasteiger partial charge < -0.3 is 15.2 Å². The fourth-order valence-corrected chi connectivity index (χ4v) is 2.91. The van der Waals surface area contributed by atoms with Crippen LogP contribution in [-0.4, -0.2) is 49.3 Å². The van der Waals surface area contributed by atoms with Crippen molar-refractivity contribution >= 4 is 28.4 Å². The molecule has 3 rings (SSSR count). The number of benzene rings is 1. The highest BCUT2D eigenvalue weighted by Gasteiger charge is 2.16.